The fourth-order valence-electron chi connectivity index (χ4n) is 2.30. The van der Waals surface area contributed by atoms with Crippen molar-refractivity contribution >= 4 is 10.9 Å². The molecular formula is C15H21N3O2. The van der Waals surface area contributed by atoms with Crippen LogP contribution >= 0.6 is 0 Å². The van der Waals surface area contributed by atoms with E-state index in [0.29, 0.717) is 29.8 Å². The van der Waals surface area contributed by atoms with Gasteiger partial charge in [0.25, 0.3) is 5.56 Å². The molecule has 2 aromatic rings. The van der Waals surface area contributed by atoms with Gasteiger partial charge in [-0.3, -0.25) is 4.79 Å². The number of nitrogens with zero attached hydrogens (tertiary/aromatic N) is 1. The van der Waals surface area contributed by atoms with Crippen LogP contribution in [0.4, 0.5) is 0 Å². The Morgan fingerprint density at radius 2 is 2.15 bits per heavy atom. The van der Waals surface area contributed by atoms with Gasteiger partial charge in [-0.05, 0) is 25.5 Å². The van der Waals surface area contributed by atoms with E-state index in [9.17, 15) is 9.90 Å². The molecule has 3 N–H and O–H groups in total. The molecule has 5 nitrogen and oxygen atoms in total. The summed E-state index contributed by atoms with van der Waals surface area (Å²) in [5.41, 5.74) is -0.174. The Balaban J connectivity index is 2.06. The van der Waals surface area contributed by atoms with Gasteiger partial charge >= 0.3 is 0 Å². The first kappa shape index (κ1) is 14.7. The second-order valence-electron chi connectivity index (χ2n) is 5.38. The van der Waals surface area contributed by atoms with Gasteiger partial charge in [0.1, 0.15) is 5.82 Å². The van der Waals surface area contributed by atoms with Gasteiger partial charge in [0.2, 0.25) is 0 Å². The van der Waals surface area contributed by atoms with Crippen LogP contribution in [0.3, 0.4) is 0 Å². The Labute approximate surface area is 118 Å². The van der Waals surface area contributed by atoms with E-state index in [1.807, 2.05) is 25.1 Å². The number of aromatic amines is 1. The molecule has 2 rings (SSSR count). The minimum absolute atomic E-state index is 0.132. The van der Waals surface area contributed by atoms with Crippen molar-refractivity contribution < 1.29 is 5.11 Å². The number of hydrogen-bond donors (Lipinski definition) is 3. The number of aromatic nitrogens is 2. The van der Waals surface area contributed by atoms with Crippen LogP contribution in [0, 0.1) is 0 Å². The zero-order chi connectivity index (χ0) is 14.6. The molecule has 0 fully saturated rings. The summed E-state index contributed by atoms with van der Waals surface area (Å²) < 4.78 is 0. The molecule has 0 amide bonds. The van der Waals surface area contributed by atoms with Crippen molar-refractivity contribution in [1.29, 1.82) is 0 Å². The quantitative estimate of drug-likeness (QED) is 0.747. The second kappa shape index (κ2) is 6.15. The molecule has 1 heterocycles. The average molecular weight is 275 g/mol. The van der Waals surface area contributed by atoms with Crippen molar-refractivity contribution in [3.8, 4) is 0 Å². The first-order valence-corrected chi connectivity index (χ1v) is 6.93. The smallest absolute Gasteiger partial charge is 0.258 e. The molecule has 1 unspecified atom stereocenters. The molecule has 0 bridgehead atoms. The van der Waals surface area contributed by atoms with Gasteiger partial charge in [0, 0.05) is 6.54 Å². The van der Waals surface area contributed by atoms with Crippen LogP contribution < -0.4 is 10.9 Å². The van der Waals surface area contributed by atoms with Crippen molar-refractivity contribution in [2.75, 3.05) is 6.54 Å². The summed E-state index contributed by atoms with van der Waals surface area (Å²) in [6, 6.07) is 7.25. The number of hydrogen-bond acceptors (Lipinski definition) is 4. The molecule has 1 atom stereocenters. The lowest BCUT2D eigenvalue weighted by Crippen LogP contribution is -2.37. The summed E-state index contributed by atoms with van der Waals surface area (Å²) in [4.78, 5) is 19.0. The van der Waals surface area contributed by atoms with E-state index in [1.54, 1.807) is 13.0 Å². The highest BCUT2D eigenvalue weighted by atomic mass is 16.3. The number of aliphatic hydroxyl groups is 1. The minimum atomic E-state index is -0.730. The third-order valence-corrected chi connectivity index (χ3v) is 3.25. The molecule has 0 saturated carbocycles. The van der Waals surface area contributed by atoms with E-state index in [1.165, 1.54) is 0 Å². The van der Waals surface area contributed by atoms with Crippen molar-refractivity contribution in [3.63, 3.8) is 0 Å². The van der Waals surface area contributed by atoms with E-state index in [-0.39, 0.29) is 5.56 Å². The van der Waals surface area contributed by atoms with Crippen LogP contribution in [0.1, 0.15) is 32.5 Å². The van der Waals surface area contributed by atoms with Crippen LogP contribution in [0.5, 0.6) is 0 Å². The Hall–Kier alpha value is -1.72. The van der Waals surface area contributed by atoms with Crippen LogP contribution in [0.15, 0.2) is 29.1 Å². The summed E-state index contributed by atoms with van der Waals surface area (Å²) in [5.74, 6) is 0.584. The van der Waals surface area contributed by atoms with Crippen LogP contribution in [-0.2, 0) is 6.54 Å². The first-order valence-electron chi connectivity index (χ1n) is 6.93. The van der Waals surface area contributed by atoms with E-state index in [4.69, 9.17) is 0 Å². The fraction of sp³-hybridized carbons (Fsp3) is 0.467. The highest BCUT2D eigenvalue weighted by molar-refractivity contribution is 5.77. The van der Waals surface area contributed by atoms with E-state index in [0.717, 1.165) is 12.8 Å². The lowest BCUT2D eigenvalue weighted by Gasteiger charge is -2.22. The largest absolute Gasteiger partial charge is 0.389 e. The molecule has 1 aromatic carbocycles. The lowest BCUT2D eigenvalue weighted by molar-refractivity contribution is 0.0496. The molecule has 0 aliphatic carbocycles. The molecule has 0 spiro atoms. The molecule has 0 aliphatic heterocycles. The molecule has 0 aliphatic rings. The zero-order valence-corrected chi connectivity index (χ0v) is 11.9. The number of benzene rings is 1. The summed E-state index contributed by atoms with van der Waals surface area (Å²) in [6.45, 7) is 4.74. The van der Waals surface area contributed by atoms with E-state index >= 15 is 0 Å². The van der Waals surface area contributed by atoms with Crippen molar-refractivity contribution in [2.24, 2.45) is 0 Å². The topological polar surface area (TPSA) is 78.0 Å². The monoisotopic (exact) mass is 275 g/mol. The van der Waals surface area contributed by atoms with Gasteiger partial charge in [-0.25, -0.2) is 4.98 Å². The standard InChI is InChI=1S/C15H21N3O2/c1-3-8-15(2,20)10-16-9-13-17-12-7-5-4-6-11(12)14(19)18-13/h4-7,16,20H,3,8-10H2,1-2H3,(H,17,18,19). The summed E-state index contributed by atoms with van der Waals surface area (Å²) >= 11 is 0. The Morgan fingerprint density at radius 3 is 2.90 bits per heavy atom. The number of H-pyrrole nitrogens is 1. The molecule has 5 heteroatoms. The van der Waals surface area contributed by atoms with Gasteiger partial charge in [-0.15, -0.1) is 0 Å². The minimum Gasteiger partial charge on any atom is -0.389 e. The highest BCUT2D eigenvalue weighted by Crippen LogP contribution is 2.10. The van der Waals surface area contributed by atoms with Crippen molar-refractivity contribution in [1.82, 2.24) is 15.3 Å². The van der Waals surface area contributed by atoms with Gasteiger partial charge in [0.05, 0.1) is 23.0 Å². The van der Waals surface area contributed by atoms with Crippen LogP contribution in [0.25, 0.3) is 10.9 Å². The molecule has 0 saturated heterocycles. The number of nitrogens with one attached hydrogen (secondary N) is 2. The summed E-state index contributed by atoms with van der Waals surface area (Å²) in [5, 5.41) is 13.8. The SMILES string of the molecule is CCCC(C)(O)CNCc1nc2ccccc2c(=O)[nH]1. The third-order valence-electron chi connectivity index (χ3n) is 3.25. The third kappa shape index (κ3) is 3.65. The zero-order valence-electron chi connectivity index (χ0n) is 11.9. The van der Waals surface area contributed by atoms with Gasteiger partial charge in [0.15, 0.2) is 0 Å². The van der Waals surface area contributed by atoms with Gasteiger partial charge in [-0.1, -0.05) is 25.5 Å². The maximum absolute atomic E-state index is 11.9. The van der Waals surface area contributed by atoms with Gasteiger partial charge < -0.3 is 15.4 Å². The second-order valence-corrected chi connectivity index (χ2v) is 5.38. The normalized spacial score (nSPS) is 14.3. The number of para-hydroxylation sites is 1. The van der Waals surface area contributed by atoms with Crippen LogP contribution in [-0.4, -0.2) is 27.2 Å². The Kier molecular flexibility index (Phi) is 4.52. The Morgan fingerprint density at radius 1 is 1.40 bits per heavy atom. The van der Waals surface area contributed by atoms with E-state index < -0.39 is 5.60 Å². The predicted octanol–water partition coefficient (Wildman–Crippen LogP) is 1.56. The molecule has 0 radical (unpaired) electrons. The van der Waals surface area contributed by atoms with Gasteiger partial charge in [-0.2, -0.15) is 0 Å². The van der Waals surface area contributed by atoms with Crippen molar-refractivity contribution in [3.05, 3.63) is 40.4 Å². The lowest BCUT2D eigenvalue weighted by atomic mass is 10.0. The average Bonchev–Trinajstić information content (AvgIpc) is 2.38. The molecule has 20 heavy (non-hydrogen) atoms. The molecular weight excluding hydrogens is 254 g/mol. The number of rotatable bonds is 6. The maximum Gasteiger partial charge on any atom is 0.258 e. The molecule has 1 aromatic heterocycles. The molecule has 108 valence electrons. The maximum atomic E-state index is 11.9. The first-order chi connectivity index (χ1) is 9.52. The predicted molar refractivity (Wildman–Crippen MR) is 79.6 cm³/mol. The van der Waals surface area contributed by atoms with Crippen molar-refractivity contribution in [2.45, 2.75) is 38.8 Å². The number of fused-ring (bicyclic) bond motifs is 1. The van der Waals surface area contributed by atoms with Crippen LogP contribution in [0.2, 0.25) is 0 Å². The summed E-state index contributed by atoms with van der Waals surface area (Å²) in [6.07, 6.45) is 1.67. The van der Waals surface area contributed by atoms with E-state index in [2.05, 4.69) is 15.3 Å². The summed E-state index contributed by atoms with van der Waals surface area (Å²) in [7, 11) is 0. The Bertz CT molecular complexity index is 634. The highest BCUT2D eigenvalue weighted by Gasteiger charge is 2.18. The fourth-order valence-corrected chi connectivity index (χ4v) is 2.30.